The monoisotopic (exact) mass is 431 g/mol. The SMILES string of the molecule is CC/C=C/C(O)C(O)C1=C(C)C(=O)C2(O1)C(=O)NC(OC)(C(=O)c1ccccc1)C2O. The number of methoxy groups -OCH3 is 1. The van der Waals surface area contributed by atoms with Gasteiger partial charge in [-0.2, -0.15) is 0 Å². The number of aliphatic hydroxyl groups excluding tert-OH is 3. The highest BCUT2D eigenvalue weighted by Crippen LogP contribution is 2.44. The molecule has 31 heavy (non-hydrogen) atoms. The van der Waals surface area contributed by atoms with Gasteiger partial charge in [0.25, 0.3) is 11.5 Å². The second kappa shape index (κ2) is 8.35. The quantitative estimate of drug-likeness (QED) is 0.269. The number of benzene rings is 1. The maximum atomic E-state index is 13.1. The first kappa shape index (κ1) is 22.8. The van der Waals surface area contributed by atoms with Crippen molar-refractivity contribution in [1.29, 1.82) is 0 Å². The zero-order valence-corrected chi connectivity index (χ0v) is 17.4. The van der Waals surface area contributed by atoms with Crippen molar-refractivity contribution in [3.05, 3.63) is 59.4 Å². The molecule has 1 spiro atoms. The van der Waals surface area contributed by atoms with E-state index in [2.05, 4.69) is 5.32 Å². The number of Topliss-reactive ketones (excluding diaryl/α,β-unsaturated/α-hetero) is 2. The summed E-state index contributed by atoms with van der Waals surface area (Å²) in [7, 11) is 1.11. The van der Waals surface area contributed by atoms with Crippen LogP contribution in [0.3, 0.4) is 0 Å². The van der Waals surface area contributed by atoms with E-state index in [0.29, 0.717) is 6.42 Å². The Balaban J connectivity index is 1.99. The molecule has 2 aliphatic heterocycles. The van der Waals surface area contributed by atoms with Crippen molar-refractivity contribution in [2.75, 3.05) is 7.11 Å². The van der Waals surface area contributed by atoms with E-state index in [1.54, 1.807) is 24.3 Å². The first-order chi connectivity index (χ1) is 14.7. The topological polar surface area (TPSA) is 142 Å². The maximum Gasteiger partial charge on any atom is 0.278 e. The molecule has 5 unspecified atom stereocenters. The lowest BCUT2D eigenvalue weighted by atomic mass is 9.85. The fourth-order valence-electron chi connectivity index (χ4n) is 3.81. The number of ketones is 2. The lowest BCUT2D eigenvalue weighted by Crippen LogP contribution is -2.60. The number of hydrogen-bond donors (Lipinski definition) is 4. The van der Waals surface area contributed by atoms with Gasteiger partial charge in [-0.05, 0) is 13.3 Å². The summed E-state index contributed by atoms with van der Waals surface area (Å²) in [6.07, 6.45) is -1.60. The number of ether oxygens (including phenoxy) is 2. The highest BCUT2D eigenvalue weighted by atomic mass is 16.6. The zero-order valence-electron chi connectivity index (χ0n) is 17.4. The number of rotatable bonds is 7. The Morgan fingerprint density at radius 3 is 2.52 bits per heavy atom. The van der Waals surface area contributed by atoms with Crippen LogP contribution in [0, 0.1) is 0 Å². The van der Waals surface area contributed by atoms with Gasteiger partial charge in [0.05, 0.1) is 0 Å². The largest absolute Gasteiger partial charge is 0.467 e. The van der Waals surface area contributed by atoms with Crippen LogP contribution in [0.25, 0.3) is 0 Å². The summed E-state index contributed by atoms with van der Waals surface area (Å²) in [4.78, 5) is 39.2. The minimum Gasteiger partial charge on any atom is -0.467 e. The summed E-state index contributed by atoms with van der Waals surface area (Å²) in [5.74, 6) is -3.15. The number of nitrogens with one attached hydrogen (secondary N) is 1. The van der Waals surface area contributed by atoms with E-state index < -0.39 is 47.1 Å². The summed E-state index contributed by atoms with van der Waals surface area (Å²) in [6, 6.07) is 7.82. The first-order valence-corrected chi connectivity index (χ1v) is 9.80. The van der Waals surface area contributed by atoms with E-state index in [-0.39, 0.29) is 16.9 Å². The Bertz CT molecular complexity index is 956. The van der Waals surface area contributed by atoms with Gasteiger partial charge in [0.15, 0.2) is 6.10 Å². The fourth-order valence-corrected chi connectivity index (χ4v) is 3.81. The Morgan fingerprint density at radius 2 is 1.94 bits per heavy atom. The third kappa shape index (κ3) is 3.30. The minimum atomic E-state index is -2.53. The van der Waals surface area contributed by atoms with Crippen LogP contribution in [0.5, 0.6) is 0 Å². The molecule has 0 bridgehead atoms. The standard InChI is InChI=1S/C22H25NO8/c1-4-5-11-14(24)15(25)16-12(2)17(26)21(31-16)19(28)22(30-3,23-20(21)29)18(27)13-9-7-6-8-10-13/h5-11,14-15,19,24-25,28H,4H2,1-3H3,(H,23,29)/b11-5+. The average Bonchev–Trinajstić information content (AvgIpc) is 3.18. The van der Waals surface area contributed by atoms with Gasteiger partial charge in [0.2, 0.25) is 17.3 Å². The Labute approximate surface area is 179 Å². The molecule has 1 aromatic rings. The summed E-state index contributed by atoms with van der Waals surface area (Å²) in [6.45, 7) is 3.13. The third-order valence-electron chi connectivity index (χ3n) is 5.58. The van der Waals surface area contributed by atoms with Crippen molar-refractivity contribution in [2.24, 2.45) is 0 Å². The van der Waals surface area contributed by atoms with Gasteiger partial charge >= 0.3 is 0 Å². The smallest absolute Gasteiger partial charge is 0.278 e. The average molecular weight is 431 g/mol. The molecular weight excluding hydrogens is 406 g/mol. The number of hydrogen-bond acceptors (Lipinski definition) is 8. The van der Waals surface area contributed by atoms with Gasteiger partial charge in [-0.25, -0.2) is 0 Å². The lowest BCUT2D eigenvalue weighted by Gasteiger charge is -2.32. The summed E-state index contributed by atoms with van der Waals surface area (Å²) in [5.41, 5.74) is -4.83. The number of aliphatic hydroxyl groups is 3. The lowest BCUT2D eigenvalue weighted by molar-refractivity contribution is -0.163. The molecule has 1 saturated heterocycles. The van der Waals surface area contributed by atoms with E-state index in [9.17, 15) is 29.7 Å². The van der Waals surface area contributed by atoms with Gasteiger partial charge in [-0.3, -0.25) is 14.4 Å². The van der Waals surface area contributed by atoms with Crippen LogP contribution in [0.1, 0.15) is 30.6 Å². The molecule has 0 aromatic heterocycles. The van der Waals surface area contributed by atoms with Crippen molar-refractivity contribution < 1.29 is 39.2 Å². The molecule has 166 valence electrons. The number of carbonyl (C=O) groups is 3. The van der Waals surface area contributed by atoms with Gasteiger partial charge < -0.3 is 30.1 Å². The van der Waals surface area contributed by atoms with Crippen molar-refractivity contribution in [2.45, 2.75) is 49.9 Å². The van der Waals surface area contributed by atoms with Crippen molar-refractivity contribution in [3.8, 4) is 0 Å². The summed E-state index contributed by atoms with van der Waals surface area (Å²) < 4.78 is 10.8. The molecule has 1 aromatic carbocycles. The highest BCUT2D eigenvalue weighted by molar-refractivity contribution is 6.23. The second-order valence-corrected chi connectivity index (χ2v) is 7.42. The predicted molar refractivity (Wildman–Crippen MR) is 108 cm³/mol. The first-order valence-electron chi connectivity index (χ1n) is 9.80. The van der Waals surface area contributed by atoms with E-state index in [4.69, 9.17) is 9.47 Å². The molecule has 4 N–H and O–H groups in total. The number of carbonyl (C=O) groups excluding carboxylic acids is 3. The Hall–Kier alpha value is -2.85. The van der Waals surface area contributed by atoms with Crippen LogP contribution in [0.2, 0.25) is 0 Å². The van der Waals surface area contributed by atoms with Crippen molar-refractivity contribution in [1.82, 2.24) is 5.32 Å². The molecule has 9 nitrogen and oxygen atoms in total. The molecule has 5 atom stereocenters. The van der Waals surface area contributed by atoms with Crippen molar-refractivity contribution >= 4 is 17.5 Å². The predicted octanol–water partition coefficient (Wildman–Crippen LogP) is 0.00280. The molecule has 1 amide bonds. The van der Waals surface area contributed by atoms with Crippen LogP contribution < -0.4 is 5.32 Å². The molecule has 9 heteroatoms. The normalized spacial score (nSPS) is 30.1. The molecule has 0 radical (unpaired) electrons. The van der Waals surface area contributed by atoms with E-state index in [1.165, 1.54) is 25.1 Å². The van der Waals surface area contributed by atoms with Gasteiger partial charge in [0.1, 0.15) is 18.0 Å². The molecule has 3 rings (SSSR count). The van der Waals surface area contributed by atoms with Crippen molar-refractivity contribution in [3.63, 3.8) is 0 Å². The molecule has 2 heterocycles. The van der Waals surface area contributed by atoms with Gasteiger partial charge in [-0.1, -0.05) is 49.4 Å². The number of allylic oxidation sites excluding steroid dienone is 1. The highest BCUT2D eigenvalue weighted by Gasteiger charge is 2.74. The summed E-state index contributed by atoms with van der Waals surface area (Å²) in [5, 5.41) is 34.0. The minimum absolute atomic E-state index is 0.135. The maximum absolute atomic E-state index is 13.1. The van der Waals surface area contributed by atoms with Gasteiger partial charge in [0, 0.05) is 18.2 Å². The van der Waals surface area contributed by atoms with E-state index >= 15 is 0 Å². The van der Waals surface area contributed by atoms with Crippen LogP contribution in [0.15, 0.2) is 53.8 Å². The Morgan fingerprint density at radius 1 is 1.29 bits per heavy atom. The third-order valence-corrected chi connectivity index (χ3v) is 5.58. The second-order valence-electron chi connectivity index (χ2n) is 7.42. The van der Waals surface area contributed by atoms with Crippen LogP contribution in [0.4, 0.5) is 0 Å². The van der Waals surface area contributed by atoms with Crippen LogP contribution in [-0.2, 0) is 19.1 Å². The fraction of sp³-hybridized carbons (Fsp3) is 0.409. The molecule has 2 aliphatic rings. The summed E-state index contributed by atoms with van der Waals surface area (Å²) >= 11 is 0. The van der Waals surface area contributed by atoms with E-state index in [0.717, 1.165) is 7.11 Å². The molecule has 1 fully saturated rings. The van der Waals surface area contributed by atoms with Crippen LogP contribution in [-0.4, -0.2) is 69.5 Å². The molecular formula is C22H25NO8. The van der Waals surface area contributed by atoms with E-state index in [1.807, 2.05) is 6.92 Å². The Kier molecular flexibility index (Phi) is 6.15. The molecule has 0 aliphatic carbocycles. The number of amides is 1. The molecule has 0 saturated carbocycles. The van der Waals surface area contributed by atoms with Gasteiger partial charge in [-0.15, -0.1) is 0 Å². The van der Waals surface area contributed by atoms with Crippen LogP contribution >= 0.6 is 0 Å². The zero-order chi connectivity index (χ0) is 23.0.